The van der Waals surface area contributed by atoms with E-state index >= 15 is 0 Å². The van der Waals surface area contributed by atoms with Gasteiger partial charge in [0.2, 0.25) is 0 Å². The van der Waals surface area contributed by atoms with E-state index in [4.69, 9.17) is 11.6 Å². The molecule has 20 heavy (non-hydrogen) atoms. The Morgan fingerprint density at radius 1 is 0.850 bits per heavy atom. The second-order valence-corrected chi connectivity index (χ2v) is 4.72. The topological polar surface area (TPSA) is 45.0 Å². The van der Waals surface area contributed by atoms with Gasteiger partial charge in [0.05, 0.1) is 10.7 Å². The zero-order valence-electron chi connectivity index (χ0n) is 10.5. The average molecular weight is 283 g/mol. The molecule has 0 heterocycles. The summed E-state index contributed by atoms with van der Waals surface area (Å²) >= 11 is 6.02. The highest BCUT2D eigenvalue weighted by Gasteiger charge is 2.10. The molecule has 3 rings (SSSR count). The molecule has 3 aromatic carbocycles. The van der Waals surface area contributed by atoms with E-state index in [0.717, 1.165) is 16.5 Å². The van der Waals surface area contributed by atoms with E-state index in [-0.39, 0.29) is 10.8 Å². The second-order valence-electron chi connectivity index (χ2n) is 4.31. The van der Waals surface area contributed by atoms with Gasteiger partial charge in [-0.3, -0.25) is 0 Å². The van der Waals surface area contributed by atoms with E-state index in [1.54, 1.807) is 6.07 Å². The zero-order chi connectivity index (χ0) is 13.9. The van der Waals surface area contributed by atoms with Gasteiger partial charge in [-0.25, -0.2) is 0 Å². The van der Waals surface area contributed by atoms with Gasteiger partial charge in [0.15, 0.2) is 5.75 Å². The highest BCUT2D eigenvalue weighted by Crippen LogP contribution is 2.41. The van der Waals surface area contributed by atoms with Gasteiger partial charge in [-0.05, 0) is 23.6 Å². The third kappa shape index (κ3) is 2.36. The first kappa shape index (κ1) is 12.6. The van der Waals surface area contributed by atoms with Crippen molar-refractivity contribution in [2.75, 3.05) is 0 Å². The Kier molecular flexibility index (Phi) is 3.35. The fourth-order valence-corrected chi connectivity index (χ4v) is 2.19. The van der Waals surface area contributed by atoms with Crippen LogP contribution < -0.4 is 0 Å². The highest BCUT2D eigenvalue weighted by molar-refractivity contribution is 6.33. The number of hydrogen-bond acceptors (Lipinski definition) is 3. The summed E-state index contributed by atoms with van der Waals surface area (Å²) in [6, 6.07) is 18.7. The Balaban J connectivity index is 2.15. The Morgan fingerprint density at radius 3 is 2.35 bits per heavy atom. The Hall–Kier alpha value is -2.39. The molecule has 0 fully saturated rings. The van der Waals surface area contributed by atoms with Crippen LogP contribution in [-0.2, 0) is 0 Å². The summed E-state index contributed by atoms with van der Waals surface area (Å²) < 4.78 is 0. The number of benzene rings is 3. The van der Waals surface area contributed by atoms with E-state index in [1.807, 2.05) is 54.6 Å². The van der Waals surface area contributed by atoms with Gasteiger partial charge < -0.3 is 5.11 Å². The lowest BCUT2D eigenvalue weighted by Crippen LogP contribution is -1.77. The van der Waals surface area contributed by atoms with Crippen molar-refractivity contribution in [1.29, 1.82) is 0 Å². The summed E-state index contributed by atoms with van der Waals surface area (Å²) in [5.74, 6) is -0.0509. The van der Waals surface area contributed by atoms with Crippen molar-refractivity contribution < 1.29 is 5.11 Å². The average Bonchev–Trinajstić information content (AvgIpc) is 2.49. The zero-order valence-corrected chi connectivity index (χ0v) is 11.2. The Morgan fingerprint density at radius 2 is 1.55 bits per heavy atom. The largest absolute Gasteiger partial charge is 0.504 e. The fourth-order valence-electron chi connectivity index (χ4n) is 1.99. The van der Waals surface area contributed by atoms with Crippen LogP contribution in [0.5, 0.6) is 5.75 Å². The molecule has 98 valence electrons. The number of halogens is 1. The number of hydrogen-bond donors (Lipinski definition) is 1. The van der Waals surface area contributed by atoms with Crippen LogP contribution in [0.3, 0.4) is 0 Å². The van der Waals surface area contributed by atoms with Crippen LogP contribution >= 0.6 is 11.6 Å². The van der Waals surface area contributed by atoms with Crippen molar-refractivity contribution >= 4 is 33.7 Å². The van der Waals surface area contributed by atoms with Gasteiger partial charge >= 0.3 is 0 Å². The molecule has 0 atom stereocenters. The molecule has 3 aromatic rings. The molecule has 0 unspecified atom stereocenters. The molecule has 0 spiro atoms. The summed E-state index contributed by atoms with van der Waals surface area (Å²) in [5, 5.41) is 20.4. The molecule has 0 saturated heterocycles. The molecular weight excluding hydrogens is 272 g/mol. The highest BCUT2D eigenvalue weighted by atomic mass is 35.5. The van der Waals surface area contributed by atoms with Gasteiger partial charge in [-0.2, -0.15) is 5.11 Å². The minimum Gasteiger partial charge on any atom is -0.504 e. The second kappa shape index (κ2) is 5.31. The van der Waals surface area contributed by atoms with E-state index in [2.05, 4.69) is 10.2 Å². The number of rotatable bonds is 2. The summed E-state index contributed by atoms with van der Waals surface area (Å²) in [7, 11) is 0. The van der Waals surface area contributed by atoms with Crippen molar-refractivity contribution in [2.24, 2.45) is 10.2 Å². The van der Waals surface area contributed by atoms with Gasteiger partial charge in [-0.1, -0.05) is 54.1 Å². The molecular formula is C16H11ClN2O. The molecule has 0 aliphatic heterocycles. The summed E-state index contributed by atoms with van der Waals surface area (Å²) in [5.41, 5.74) is 1.10. The maximum atomic E-state index is 10.1. The molecule has 3 nitrogen and oxygen atoms in total. The SMILES string of the molecule is Oc1c(Cl)cc2ccccc2c1N=Nc1ccccc1. The predicted octanol–water partition coefficient (Wildman–Crippen LogP) is 5.61. The van der Waals surface area contributed by atoms with Gasteiger partial charge in [0, 0.05) is 5.39 Å². The first-order valence-electron chi connectivity index (χ1n) is 6.13. The Bertz CT molecular complexity index is 785. The lowest BCUT2D eigenvalue weighted by atomic mass is 10.1. The molecule has 0 aromatic heterocycles. The number of aromatic hydroxyl groups is 1. The lowest BCUT2D eigenvalue weighted by Gasteiger charge is -2.05. The minimum atomic E-state index is -0.0509. The third-order valence-corrected chi connectivity index (χ3v) is 3.26. The maximum absolute atomic E-state index is 10.1. The number of phenols is 1. The first-order chi connectivity index (χ1) is 9.75. The lowest BCUT2D eigenvalue weighted by molar-refractivity contribution is 0.477. The minimum absolute atomic E-state index is 0.0509. The Labute approximate surface area is 121 Å². The number of nitrogens with zero attached hydrogens (tertiary/aromatic N) is 2. The van der Waals surface area contributed by atoms with Crippen molar-refractivity contribution in [3.63, 3.8) is 0 Å². The molecule has 4 heteroatoms. The fraction of sp³-hybridized carbons (Fsp3) is 0. The van der Waals surface area contributed by atoms with Crippen LogP contribution in [0.25, 0.3) is 10.8 Å². The van der Waals surface area contributed by atoms with E-state index in [1.165, 1.54) is 0 Å². The van der Waals surface area contributed by atoms with Crippen molar-refractivity contribution in [1.82, 2.24) is 0 Å². The van der Waals surface area contributed by atoms with E-state index < -0.39 is 0 Å². The van der Waals surface area contributed by atoms with E-state index in [9.17, 15) is 5.11 Å². The van der Waals surface area contributed by atoms with Gasteiger partial charge in [0.1, 0.15) is 5.69 Å². The van der Waals surface area contributed by atoms with Crippen molar-refractivity contribution in [2.45, 2.75) is 0 Å². The van der Waals surface area contributed by atoms with Crippen LogP contribution in [0.1, 0.15) is 0 Å². The molecule has 0 bridgehead atoms. The summed E-state index contributed by atoms with van der Waals surface area (Å²) in [6.45, 7) is 0. The van der Waals surface area contributed by atoms with Crippen molar-refractivity contribution in [3.05, 3.63) is 65.7 Å². The number of phenolic OH excluding ortho intramolecular Hbond substituents is 1. The number of azo groups is 1. The van der Waals surface area contributed by atoms with Crippen LogP contribution in [0.4, 0.5) is 11.4 Å². The van der Waals surface area contributed by atoms with Gasteiger partial charge in [0.25, 0.3) is 0 Å². The smallest absolute Gasteiger partial charge is 0.162 e. The molecule has 0 amide bonds. The predicted molar refractivity (Wildman–Crippen MR) is 81.2 cm³/mol. The van der Waals surface area contributed by atoms with E-state index in [0.29, 0.717) is 5.69 Å². The first-order valence-corrected chi connectivity index (χ1v) is 6.50. The van der Waals surface area contributed by atoms with Crippen LogP contribution in [0, 0.1) is 0 Å². The van der Waals surface area contributed by atoms with Gasteiger partial charge in [-0.15, -0.1) is 5.11 Å². The molecule has 0 aliphatic carbocycles. The van der Waals surface area contributed by atoms with Crippen LogP contribution in [-0.4, -0.2) is 5.11 Å². The molecule has 0 radical (unpaired) electrons. The molecule has 0 aliphatic rings. The standard InChI is InChI=1S/C16H11ClN2O/c17-14-10-11-6-4-5-9-13(11)15(16(14)20)19-18-12-7-2-1-3-8-12/h1-10,20H. The van der Waals surface area contributed by atoms with Crippen LogP contribution in [0.15, 0.2) is 70.9 Å². The quantitative estimate of drug-likeness (QED) is 0.610. The normalized spacial score (nSPS) is 11.2. The third-order valence-electron chi connectivity index (χ3n) is 2.97. The molecule has 1 N–H and O–H groups in total. The van der Waals surface area contributed by atoms with Crippen LogP contribution in [0.2, 0.25) is 5.02 Å². The summed E-state index contributed by atoms with van der Waals surface area (Å²) in [4.78, 5) is 0. The summed E-state index contributed by atoms with van der Waals surface area (Å²) in [6.07, 6.45) is 0. The maximum Gasteiger partial charge on any atom is 0.162 e. The molecule has 0 saturated carbocycles. The number of fused-ring (bicyclic) bond motifs is 1. The van der Waals surface area contributed by atoms with Crippen molar-refractivity contribution in [3.8, 4) is 5.75 Å². The monoisotopic (exact) mass is 282 g/mol.